The predicted octanol–water partition coefficient (Wildman–Crippen LogP) is 2.25. The van der Waals surface area contributed by atoms with Crippen LogP contribution < -0.4 is 16.0 Å². The summed E-state index contributed by atoms with van der Waals surface area (Å²) in [6, 6.07) is 4.11. The Morgan fingerprint density at radius 1 is 1.38 bits per heavy atom. The van der Waals surface area contributed by atoms with Crippen molar-refractivity contribution in [1.29, 1.82) is 0 Å². The first-order valence-corrected chi connectivity index (χ1v) is 7.99. The molecule has 0 bridgehead atoms. The Kier molecular flexibility index (Phi) is 4.80. The second-order valence-electron chi connectivity index (χ2n) is 5.66. The summed E-state index contributed by atoms with van der Waals surface area (Å²) in [5.74, 6) is -0.505. The molecule has 126 valence electrons. The Morgan fingerprint density at radius 3 is 2.88 bits per heavy atom. The van der Waals surface area contributed by atoms with Gasteiger partial charge in [0.05, 0.1) is 11.3 Å². The van der Waals surface area contributed by atoms with Crippen LogP contribution in [0.5, 0.6) is 0 Å². The summed E-state index contributed by atoms with van der Waals surface area (Å²) in [7, 11) is 0. The number of nitrogens with two attached hydrogens (primary N) is 1. The van der Waals surface area contributed by atoms with Gasteiger partial charge in [0.25, 0.3) is 5.91 Å². The van der Waals surface area contributed by atoms with Gasteiger partial charge in [-0.25, -0.2) is 14.4 Å². The molecule has 2 aromatic rings. The number of aromatic nitrogens is 2. The van der Waals surface area contributed by atoms with Crippen molar-refractivity contribution >= 4 is 29.1 Å². The SMILES string of the molecule is Nc1c(F)cc(Cl)cc1C(=O)N[C@H]1CCCN(c2ncccn2)C1. The molecule has 1 atom stereocenters. The fraction of sp³-hybridized carbons (Fsp3) is 0.312. The molecule has 6 nitrogen and oxygen atoms in total. The molecule has 0 unspecified atom stereocenters. The molecule has 1 saturated heterocycles. The topological polar surface area (TPSA) is 84.1 Å². The molecule has 1 aliphatic heterocycles. The number of anilines is 2. The second-order valence-corrected chi connectivity index (χ2v) is 6.09. The molecule has 2 heterocycles. The van der Waals surface area contributed by atoms with Crippen LogP contribution in [0.2, 0.25) is 5.02 Å². The predicted molar refractivity (Wildman–Crippen MR) is 90.6 cm³/mol. The molecule has 3 rings (SSSR count). The summed E-state index contributed by atoms with van der Waals surface area (Å²) in [6.07, 6.45) is 5.07. The maximum atomic E-state index is 13.6. The maximum Gasteiger partial charge on any atom is 0.253 e. The summed E-state index contributed by atoms with van der Waals surface area (Å²) in [5, 5.41) is 3.02. The third-order valence-electron chi connectivity index (χ3n) is 3.93. The van der Waals surface area contributed by atoms with Crippen LogP contribution >= 0.6 is 11.6 Å². The highest BCUT2D eigenvalue weighted by atomic mass is 35.5. The van der Waals surface area contributed by atoms with Gasteiger partial charge in [0, 0.05) is 36.5 Å². The molecule has 1 fully saturated rings. The van der Waals surface area contributed by atoms with Gasteiger partial charge in [-0.2, -0.15) is 0 Å². The highest BCUT2D eigenvalue weighted by Gasteiger charge is 2.24. The van der Waals surface area contributed by atoms with Crippen molar-refractivity contribution in [3.05, 3.63) is 47.0 Å². The van der Waals surface area contributed by atoms with Crippen LogP contribution in [0.4, 0.5) is 16.0 Å². The van der Waals surface area contributed by atoms with Gasteiger partial charge < -0.3 is 16.0 Å². The van der Waals surface area contributed by atoms with Crippen LogP contribution in [0, 0.1) is 5.82 Å². The lowest BCUT2D eigenvalue weighted by molar-refractivity contribution is 0.0933. The molecular weight excluding hydrogens is 333 g/mol. The number of hydrogen-bond acceptors (Lipinski definition) is 5. The van der Waals surface area contributed by atoms with Crippen LogP contribution in [0.3, 0.4) is 0 Å². The normalized spacial score (nSPS) is 17.6. The van der Waals surface area contributed by atoms with E-state index in [0.717, 1.165) is 25.5 Å². The lowest BCUT2D eigenvalue weighted by Crippen LogP contribution is -2.48. The lowest BCUT2D eigenvalue weighted by atomic mass is 10.0. The third kappa shape index (κ3) is 3.56. The van der Waals surface area contributed by atoms with Crippen LogP contribution in [0.25, 0.3) is 0 Å². The monoisotopic (exact) mass is 349 g/mol. The Hall–Kier alpha value is -2.41. The Morgan fingerprint density at radius 2 is 2.12 bits per heavy atom. The Balaban J connectivity index is 1.71. The summed E-state index contributed by atoms with van der Waals surface area (Å²) in [4.78, 5) is 22.9. The molecule has 24 heavy (non-hydrogen) atoms. The van der Waals surface area contributed by atoms with Crippen molar-refractivity contribution in [2.45, 2.75) is 18.9 Å². The highest BCUT2D eigenvalue weighted by molar-refractivity contribution is 6.31. The van der Waals surface area contributed by atoms with Gasteiger partial charge in [-0.05, 0) is 31.0 Å². The summed E-state index contributed by atoms with van der Waals surface area (Å²) in [5.41, 5.74) is 5.50. The number of carbonyl (C=O) groups is 1. The average molecular weight is 350 g/mol. The fourth-order valence-electron chi connectivity index (χ4n) is 2.77. The zero-order valence-electron chi connectivity index (χ0n) is 12.9. The molecule has 1 aliphatic rings. The van der Waals surface area contributed by atoms with Crippen LogP contribution in [-0.2, 0) is 0 Å². The first-order valence-electron chi connectivity index (χ1n) is 7.62. The van der Waals surface area contributed by atoms with Gasteiger partial charge in [-0.3, -0.25) is 4.79 Å². The number of rotatable bonds is 3. The standard InChI is InChI=1S/C16H17ClFN5O/c17-10-7-12(14(19)13(18)8-10)15(24)22-11-3-1-6-23(9-11)16-20-4-2-5-21-16/h2,4-5,7-8,11H,1,3,6,9,19H2,(H,22,24)/t11-/m0/s1. The van der Waals surface area contributed by atoms with Crippen LogP contribution in [-0.4, -0.2) is 35.0 Å². The van der Waals surface area contributed by atoms with E-state index in [0.29, 0.717) is 12.5 Å². The van der Waals surface area contributed by atoms with E-state index < -0.39 is 11.7 Å². The number of nitrogen functional groups attached to an aromatic ring is 1. The van der Waals surface area contributed by atoms with E-state index in [1.165, 1.54) is 6.07 Å². The van der Waals surface area contributed by atoms with E-state index >= 15 is 0 Å². The van der Waals surface area contributed by atoms with Gasteiger partial charge in [0.2, 0.25) is 5.95 Å². The molecule has 0 saturated carbocycles. The molecule has 1 aromatic heterocycles. The molecule has 8 heteroatoms. The number of halogens is 2. The average Bonchev–Trinajstić information content (AvgIpc) is 2.59. The van der Waals surface area contributed by atoms with Gasteiger partial charge in [-0.1, -0.05) is 11.6 Å². The van der Waals surface area contributed by atoms with Gasteiger partial charge >= 0.3 is 0 Å². The van der Waals surface area contributed by atoms with E-state index in [-0.39, 0.29) is 22.3 Å². The molecule has 0 spiro atoms. The molecular formula is C16H17ClFN5O. The highest BCUT2D eigenvalue weighted by Crippen LogP contribution is 2.23. The van der Waals surface area contributed by atoms with Crippen molar-refractivity contribution in [3.63, 3.8) is 0 Å². The summed E-state index contributed by atoms with van der Waals surface area (Å²) >= 11 is 5.81. The van der Waals surface area contributed by atoms with E-state index in [1.54, 1.807) is 18.5 Å². The van der Waals surface area contributed by atoms with E-state index in [4.69, 9.17) is 17.3 Å². The van der Waals surface area contributed by atoms with Crippen molar-refractivity contribution in [2.24, 2.45) is 0 Å². The van der Waals surface area contributed by atoms with Crippen molar-refractivity contribution in [2.75, 3.05) is 23.7 Å². The van der Waals surface area contributed by atoms with Gasteiger partial charge in [0.1, 0.15) is 5.82 Å². The Labute approximate surface area is 143 Å². The summed E-state index contributed by atoms with van der Waals surface area (Å²) in [6.45, 7) is 1.41. The summed E-state index contributed by atoms with van der Waals surface area (Å²) < 4.78 is 13.6. The number of nitrogens with one attached hydrogen (secondary N) is 1. The first-order chi connectivity index (χ1) is 11.5. The molecule has 1 aromatic carbocycles. The minimum atomic E-state index is -0.699. The smallest absolute Gasteiger partial charge is 0.253 e. The number of carbonyl (C=O) groups excluding carboxylic acids is 1. The van der Waals surface area contributed by atoms with Gasteiger partial charge in [-0.15, -0.1) is 0 Å². The third-order valence-corrected chi connectivity index (χ3v) is 4.15. The van der Waals surface area contributed by atoms with E-state index in [1.807, 2.05) is 4.90 Å². The van der Waals surface area contributed by atoms with Crippen molar-refractivity contribution in [3.8, 4) is 0 Å². The fourth-order valence-corrected chi connectivity index (χ4v) is 2.97. The molecule has 0 aliphatic carbocycles. The zero-order chi connectivity index (χ0) is 17.1. The molecule has 1 amide bonds. The van der Waals surface area contributed by atoms with Crippen molar-refractivity contribution < 1.29 is 9.18 Å². The van der Waals surface area contributed by atoms with Crippen LogP contribution in [0.1, 0.15) is 23.2 Å². The molecule has 0 radical (unpaired) electrons. The number of amides is 1. The lowest BCUT2D eigenvalue weighted by Gasteiger charge is -2.33. The number of benzene rings is 1. The van der Waals surface area contributed by atoms with E-state index in [9.17, 15) is 9.18 Å². The Bertz CT molecular complexity index is 743. The number of piperidine rings is 1. The minimum Gasteiger partial charge on any atom is -0.396 e. The number of nitrogens with zero attached hydrogens (tertiary/aromatic N) is 3. The zero-order valence-corrected chi connectivity index (χ0v) is 13.6. The number of hydrogen-bond donors (Lipinski definition) is 2. The largest absolute Gasteiger partial charge is 0.396 e. The first kappa shape index (κ1) is 16.4. The maximum absolute atomic E-state index is 13.6. The quantitative estimate of drug-likeness (QED) is 0.830. The minimum absolute atomic E-state index is 0.0492. The van der Waals surface area contributed by atoms with Crippen molar-refractivity contribution in [1.82, 2.24) is 15.3 Å². The van der Waals surface area contributed by atoms with Gasteiger partial charge in [0.15, 0.2) is 0 Å². The second kappa shape index (κ2) is 7.00. The van der Waals surface area contributed by atoms with Crippen LogP contribution in [0.15, 0.2) is 30.6 Å². The van der Waals surface area contributed by atoms with E-state index in [2.05, 4.69) is 15.3 Å². The molecule has 3 N–H and O–H groups in total.